The fraction of sp³-hybridized carbons (Fsp3) is 0.538. The first kappa shape index (κ1) is 9.72. The van der Waals surface area contributed by atoms with E-state index >= 15 is 0 Å². The quantitative estimate of drug-likeness (QED) is 0.754. The van der Waals surface area contributed by atoms with E-state index in [0.717, 1.165) is 18.4 Å². The maximum Gasteiger partial charge on any atom is 0.00966 e. The zero-order chi connectivity index (χ0) is 9.97. The van der Waals surface area contributed by atoms with E-state index in [2.05, 4.69) is 49.5 Å². The zero-order valence-electron chi connectivity index (χ0n) is 9.03. The molecule has 0 aliphatic carbocycles. The maximum absolute atomic E-state index is 3.60. The van der Waals surface area contributed by atoms with Crippen LogP contribution in [0.2, 0.25) is 0 Å². The normalized spacial score (nSPS) is 27.1. The van der Waals surface area contributed by atoms with Crippen LogP contribution >= 0.6 is 0 Å². The van der Waals surface area contributed by atoms with Crippen molar-refractivity contribution in [2.75, 3.05) is 6.54 Å². The molecule has 2 atom stereocenters. The van der Waals surface area contributed by atoms with Crippen molar-refractivity contribution in [1.82, 2.24) is 5.32 Å². The van der Waals surface area contributed by atoms with E-state index in [-0.39, 0.29) is 0 Å². The van der Waals surface area contributed by atoms with Gasteiger partial charge < -0.3 is 5.32 Å². The van der Waals surface area contributed by atoms with Crippen LogP contribution in [0.4, 0.5) is 0 Å². The Morgan fingerprint density at radius 1 is 1.21 bits per heavy atom. The van der Waals surface area contributed by atoms with E-state index in [9.17, 15) is 0 Å². The van der Waals surface area contributed by atoms with Crippen molar-refractivity contribution in [2.24, 2.45) is 5.92 Å². The molecule has 76 valence electrons. The van der Waals surface area contributed by atoms with Crippen molar-refractivity contribution in [3.63, 3.8) is 0 Å². The Labute approximate surface area is 86.5 Å². The smallest absolute Gasteiger partial charge is 0.00966 e. The molecule has 1 aromatic rings. The summed E-state index contributed by atoms with van der Waals surface area (Å²) in [4.78, 5) is 0. The van der Waals surface area contributed by atoms with Gasteiger partial charge in [-0.3, -0.25) is 0 Å². The van der Waals surface area contributed by atoms with Gasteiger partial charge in [0.15, 0.2) is 0 Å². The van der Waals surface area contributed by atoms with Crippen molar-refractivity contribution in [3.05, 3.63) is 35.9 Å². The van der Waals surface area contributed by atoms with Crippen LogP contribution in [-0.2, 0) is 0 Å². The second-order valence-corrected chi connectivity index (χ2v) is 4.60. The van der Waals surface area contributed by atoms with Gasteiger partial charge in [-0.05, 0) is 23.8 Å². The van der Waals surface area contributed by atoms with Gasteiger partial charge in [0.1, 0.15) is 0 Å². The highest BCUT2D eigenvalue weighted by atomic mass is 15.0. The van der Waals surface area contributed by atoms with E-state index in [4.69, 9.17) is 0 Å². The number of benzene rings is 1. The van der Waals surface area contributed by atoms with Gasteiger partial charge in [0.2, 0.25) is 0 Å². The second-order valence-electron chi connectivity index (χ2n) is 4.60. The Balaban J connectivity index is 2.03. The fourth-order valence-electron chi connectivity index (χ4n) is 2.25. The van der Waals surface area contributed by atoms with Crippen LogP contribution < -0.4 is 5.32 Å². The summed E-state index contributed by atoms with van der Waals surface area (Å²) in [5.41, 5.74) is 1.49. The van der Waals surface area contributed by atoms with Crippen LogP contribution in [0.3, 0.4) is 0 Å². The molecule has 0 amide bonds. The zero-order valence-corrected chi connectivity index (χ0v) is 9.03. The molecule has 2 rings (SSSR count). The number of nitrogens with one attached hydrogen (secondary N) is 1. The lowest BCUT2D eigenvalue weighted by Crippen LogP contribution is -2.26. The van der Waals surface area contributed by atoms with Crippen LogP contribution in [-0.4, -0.2) is 12.6 Å². The van der Waals surface area contributed by atoms with Crippen molar-refractivity contribution >= 4 is 0 Å². The van der Waals surface area contributed by atoms with Crippen molar-refractivity contribution in [1.29, 1.82) is 0 Å². The van der Waals surface area contributed by atoms with E-state index < -0.39 is 0 Å². The fourth-order valence-corrected chi connectivity index (χ4v) is 2.25. The van der Waals surface area contributed by atoms with Crippen LogP contribution in [0.25, 0.3) is 0 Å². The molecule has 1 heteroatoms. The predicted molar refractivity (Wildman–Crippen MR) is 60.4 cm³/mol. The Bertz CT molecular complexity index is 279. The van der Waals surface area contributed by atoms with Gasteiger partial charge in [0.05, 0.1) is 0 Å². The molecule has 1 fully saturated rings. The number of hydrogen-bond donors (Lipinski definition) is 1. The van der Waals surface area contributed by atoms with Crippen molar-refractivity contribution < 1.29 is 0 Å². The molecular weight excluding hydrogens is 170 g/mol. The van der Waals surface area contributed by atoms with Crippen LogP contribution in [0.1, 0.15) is 31.7 Å². The summed E-state index contributed by atoms with van der Waals surface area (Å²) in [6.07, 6.45) is 1.29. The second kappa shape index (κ2) is 4.14. The van der Waals surface area contributed by atoms with Gasteiger partial charge in [0.25, 0.3) is 0 Å². The summed E-state index contributed by atoms with van der Waals surface area (Å²) in [7, 11) is 0. The first-order chi connectivity index (χ1) is 6.77. The van der Waals surface area contributed by atoms with Crippen LogP contribution in [0.5, 0.6) is 0 Å². The molecule has 1 N–H and O–H groups in total. The Kier molecular flexibility index (Phi) is 2.87. The lowest BCUT2D eigenvalue weighted by Gasteiger charge is -2.14. The highest BCUT2D eigenvalue weighted by Crippen LogP contribution is 2.28. The molecule has 1 aromatic carbocycles. The van der Waals surface area contributed by atoms with Gasteiger partial charge in [0, 0.05) is 12.6 Å². The first-order valence-electron chi connectivity index (χ1n) is 5.55. The molecule has 0 radical (unpaired) electrons. The Morgan fingerprint density at radius 3 is 2.50 bits per heavy atom. The van der Waals surface area contributed by atoms with Crippen LogP contribution in [0.15, 0.2) is 30.3 Å². The number of rotatable bonds is 2. The minimum absolute atomic E-state index is 0.709. The molecule has 0 saturated carbocycles. The molecular formula is C13H19N. The highest BCUT2D eigenvalue weighted by molar-refractivity contribution is 5.21. The van der Waals surface area contributed by atoms with Gasteiger partial charge in [-0.1, -0.05) is 44.2 Å². The topological polar surface area (TPSA) is 12.0 Å². The van der Waals surface area contributed by atoms with Gasteiger partial charge in [-0.2, -0.15) is 0 Å². The summed E-state index contributed by atoms with van der Waals surface area (Å²) >= 11 is 0. The predicted octanol–water partition coefficient (Wildman–Crippen LogP) is 2.79. The molecule has 0 spiro atoms. The lowest BCUT2D eigenvalue weighted by molar-refractivity contribution is 0.449. The maximum atomic E-state index is 3.60. The van der Waals surface area contributed by atoms with E-state index in [0.29, 0.717) is 6.04 Å². The van der Waals surface area contributed by atoms with E-state index in [1.165, 1.54) is 12.0 Å². The first-order valence-corrected chi connectivity index (χ1v) is 5.55. The average molecular weight is 189 g/mol. The standard InChI is InChI=1S/C13H19N/c1-10(2)13-8-12(9-14-13)11-6-4-3-5-7-11/h3-7,10,12-14H,8-9H2,1-2H3/t12-,13-/m0/s1. The van der Waals surface area contributed by atoms with Gasteiger partial charge in [-0.25, -0.2) is 0 Å². The molecule has 1 aliphatic rings. The molecule has 14 heavy (non-hydrogen) atoms. The summed E-state index contributed by atoms with van der Waals surface area (Å²) in [6, 6.07) is 11.6. The molecule has 0 unspecified atom stereocenters. The van der Waals surface area contributed by atoms with E-state index in [1.807, 2.05) is 0 Å². The molecule has 0 bridgehead atoms. The largest absolute Gasteiger partial charge is 0.313 e. The highest BCUT2D eigenvalue weighted by Gasteiger charge is 2.26. The minimum Gasteiger partial charge on any atom is -0.313 e. The van der Waals surface area contributed by atoms with Gasteiger partial charge in [-0.15, -0.1) is 0 Å². The van der Waals surface area contributed by atoms with Gasteiger partial charge >= 0.3 is 0 Å². The third-order valence-corrected chi connectivity index (χ3v) is 3.24. The molecule has 0 aromatic heterocycles. The lowest BCUT2D eigenvalue weighted by atomic mass is 9.93. The Morgan fingerprint density at radius 2 is 1.93 bits per heavy atom. The Hall–Kier alpha value is -0.820. The monoisotopic (exact) mass is 189 g/mol. The number of hydrogen-bond acceptors (Lipinski definition) is 1. The third kappa shape index (κ3) is 1.98. The van der Waals surface area contributed by atoms with Crippen molar-refractivity contribution in [3.8, 4) is 0 Å². The summed E-state index contributed by atoms with van der Waals surface area (Å²) in [6.45, 7) is 5.74. The summed E-state index contributed by atoms with van der Waals surface area (Å²) in [5, 5.41) is 3.60. The third-order valence-electron chi connectivity index (χ3n) is 3.24. The summed E-state index contributed by atoms with van der Waals surface area (Å²) < 4.78 is 0. The molecule has 1 heterocycles. The SMILES string of the molecule is CC(C)[C@@H]1C[C@H](c2ccccc2)CN1. The minimum atomic E-state index is 0.709. The van der Waals surface area contributed by atoms with Crippen molar-refractivity contribution in [2.45, 2.75) is 32.2 Å². The summed E-state index contributed by atoms with van der Waals surface area (Å²) in [5.74, 6) is 1.48. The van der Waals surface area contributed by atoms with Crippen LogP contribution in [0, 0.1) is 5.92 Å². The average Bonchev–Trinajstić information content (AvgIpc) is 2.68. The molecule has 1 nitrogen and oxygen atoms in total. The van der Waals surface area contributed by atoms with E-state index in [1.54, 1.807) is 0 Å². The molecule has 1 aliphatic heterocycles. The molecule has 1 saturated heterocycles.